The van der Waals surface area contributed by atoms with Crippen molar-refractivity contribution in [2.45, 2.75) is 25.4 Å². The van der Waals surface area contributed by atoms with Gasteiger partial charge in [0.05, 0.1) is 0 Å². The summed E-state index contributed by atoms with van der Waals surface area (Å²) >= 11 is 0. The molecule has 10 heteroatoms. The molecular formula is C8H10F3N3O3S. The number of halogens is 3. The molecule has 1 aromatic heterocycles. The van der Waals surface area contributed by atoms with Gasteiger partial charge in [0.25, 0.3) is 5.91 Å². The van der Waals surface area contributed by atoms with E-state index in [9.17, 15) is 26.4 Å². The van der Waals surface area contributed by atoms with Gasteiger partial charge in [0.15, 0.2) is 5.69 Å². The normalized spacial score (nSPS) is 12.8. The minimum Gasteiger partial charge on any atom is -0.269 e. The number of carbonyl (C=O) groups excluding carboxylic acids is 1. The van der Waals surface area contributed by atoms with Crippen LogP contribution in [0, 0.1) is 0 Å². The maximum atomic E-state index is 12.0. The molecule has 0 bridgehead atoms. The lowest BCUT2D eigenvalue weighted by atomic mass is 10.4. The SMILES string of the molecule is CC(C)n1ccc(C(=O)NS(=O)(=O)C(F)(F)F)n1. The van der Waals surface area contributed by atoms with Gasteiger partial charge < -0.3 is 0 Å². The summed E-state index contributed by atoms with van der Waals surface area (Å²) in [5.74, 6) is -1.42. The molecule has 0 saturated heterocycles. The third kappa shape index (κ3) is 3.00. The Balaban J connectivity index is 2.90. The third-order valence-electron chi connectivity index (χ3n) is 1.90. The Hall–Kier alpha value is -1.58. The van der Waals surface area contributed by atoms with Gasteiger partial charge in [-0.3, -0.25) is 9.48 Å². The van der Waals surface area contributed by atoms with Gasteiger partial charge in [0, 0.05) is 12.2 Å². The van der Waals surface area contributed by atoms with Crippen LogP contribution in [-0.4, -0.2) is 29.6 Å². The van der Waals surface area contributed by atoms with Crippen molar-refractivity contribution in [1.82, 2.24) is 14.5 Å². The third-order valence-corrected chi connectivity index (χ3v) is 2.97. The number of nitrogens with one attached hydrogen (secondary N) is 1. The van der Waals surface area contributed by atoms with Crippen LogP contribution in [0.5, 0.6) is 0 Å². The summed E-state index contributed by atoms with van der Waals surface area (Å²) in [5.41, 5.74) is -5.94. The first kappa shape index (κ1) is 14.5. The number of rotatable bonds is 3. The van der Waals surface area contributed by atoms with Gasteiger partial charge in [-0.1, -0.05) is 0 Å². The van der Waals surface area contributed by atoms with Gasteiger partial charge in [-0.25, -0.2) is 4.72 Å². The standard InChI is InChI=1S/C8H10F3N3O3S/c1-5(2)14-4-3-6(12-14)7(15)13-18(16,17)8(9,10)11/h3-5H,1-2H3,(H,13,15). The molecule has 1 N–H and O–H groups in total. The summed E-state index contributed by atoms with van der Waals surface area (Å²) in [6, 6.07) is 1.02. The maximum absolute atomic E-state index is 12.0. The van der Waals surface area contributed by atoms with E-state index >= 15 is 0 Å². The van der Waals surface area contributed by atoms with E-state index in [1.54, 1.807) is 13.8 Å². The summed E-state index contributed by atoms with van der Waals surface area (Å²) in [4.78, 5) is 11.3. The monoisotopic (exact) mass is 285 g/mol. The average Bonchev–Trinajstić information content (AvgIpc) is 2.63. The number of sulfonamides is 1. The van der Waals surface area contributed by atoms with Crippen LogP contribution in [-0.2, 0) is 10.0 Å². The van der Waals surface area contributed by atoms with Crippen molar-refractivity contribution in [1.29, 1.82) is 0 Å². The van der Waals surface area contributed by atoms with Gasteiger partial charge in [-0.2, -0.15) is 26.7 Å². The number of aromatic nitrogens is 2. The second kappa shape index (κ2) is 4.59. The van der Waals surface area contributed by atoms with E-state index in [2.05, 4.69) is 5.10 Å². The maximum Gasteiger partial charge on any atom is 0.516 e. The van der Waals surface area contributed by atoms with Crippen LogP contribution >= 0.6 is 0 Å². The van der Waals surface area contributed by atoms with Crippen molar-refractivity contribution in [3.05, 3.63) is 18.0 Å². The van der Waals surface area contributed by atoms with Crippen LogP contribution in [0.4, 0.5) is 13.2 Å². The number of amides is 1. The smallest absolute Gasteiger partial charge is 0.269 e. The van der Waals surface area contributed by atoms with Crippen molar-refractivity contribution in [3.63, 3.8) is 0 Å². The molecule has 0 radical (unpaired) electrons. The van der Waals surface area contributed by atoms with Gasteiger partial charge in [-0.15, -0.1) is 0 Å². The minimum absolute atomic E-state index is 0.106. The van der Waals surface area contributed by atoms with E-state index in [0.717, 1.165) is 10.8 Å². The molecule has 0 aromatic carbocycles. The van der Waals surface area contributed by atoms with E-state index in [4.69, 9.17) is 0 Å². The number of alkyl halides is 3. The fourth-order valence-corrected chi connectivity index (χ4v) is 1.44. The highest BCUT2D eigenvalue weighted by Crippen LogP contribution is 2.21. The van der Waals surface area contributed by atoms with Gasteiger partial charge >= 0.3 is 15.5 Å². The van der Waals surface area contributed by atoms with Crippen LogP contribution in [0.2, 0.25) is 0 Å². The lowest BCUT2D eigenvalue weighted by Crippen LogP contribution is -2.40. The van der Waals surface area contributed by atoms with E-state index in [0.29, 0.717) is 0 Å². The number of hydrogen-bond acceptors (Lipinski definition) is 4. The Morgan fingerprint density at radius 2 is 2.00 bits per heavy atom. The van der Waals surface area contributed by atoms with Crippen LogP contribution < -0.4 is 4.72 Å². The summed E-state index contributed by atoms with van der Waals surface area (Å²) in [6.45, 7) is 3.47. The summed E-state index contributed by atoms with van der Waals surface area (Å²) < 4.78 is 59.6. The molecular weight excluding hydrogens is 275 g/mol. The van der Waals surface area contributed by atoms with Crippen molar-refractivity contribution in [3.8, 4) is 0 Å². The molecule has 6 nitrogen and oxygen atoms in total. The zero-order valence-corrected chi connectivity index (χ0v) is 10.2. The van der Waals surface area contributed by atoms with E-state index < -0.39 is 27.1 Å². The largest absolute Gasteiger partial charge is 0.516 e. The lowest BCUT2D eigenvalue weighted by molar-refractivity contribution is -0.0446. The van der Waals surface area contributed by atoms with Crippen LogP contribution in [0.3, 0.4) is 0 Å². The van der Waals surface area contributed by atoms with Crippen LogP contribution in [0.1, 0.15) is 30.4 Å². The molecule has 0 aliphatic carbocycles. The van der Waals surface area contributed by atoms with E-state index in [1.807, 2.05) is 0 Å². The highest BCUT2D eigenvalue weighted by molar-refractivity contribution is 7.90. The summed E-state index contributed by atoms with van der Waals surface area (Å²) in [6.07, 6.45) is 1.36. The number of carbonyl (C=O) groups is 1. The lowest BCUT2D eigenvalue weighted by Gasteiger charge is -2.08. The van der Waals surface area contributed by atoms with Crippen molar-refractivity contribution in [2.75, 3.05) is 0 Å². The first-order valence-electron chi connectivity index (χ1n) is 4.73. The van der Waals surface area contributed by atoms with E-state index in [1.165, 1.54) is 10.9 Å². The first-order chi connectivity index (χ1) is 8.04. The highest BCUT2D eigenvalue weighted by Gasteiger charge is 2.47. The molecule has 0 aliphatic heterocycles. The summed E-state index contributed by atoms with van der Waals surface area (Å²) in [7, 11) is -5.70. The molecule has 0 fully saturated rings. The average molecular weight is 285 g/mol. The fourth-order valence-electron chi connectivity index (χ4n) is 0.979. The first-order valence-corrected chi connectivity index (χ1v) is 6.21. The Bertz CT molecular complexity index is 547. The Kier molecular flexibility index (Phi) is 3.70. The predicted molar refractivity (Wildman–Crippen MR) is 55.1 cm³/mol. The Morgan fingerprint density at radius 1 is 1.44 bits per heavy atom. The van der Waals surface area contributed by atoms with Crippen molar-refractivity contribution < 1.29 is 26.4 Å². The number of nitrogens with zero attached hydrogens (tertiary/aromatic N) is 2. The minimum atomic E-state index is -5.70. The Labute approximate surface area is 101 Å². The molecule has 0 saturated carbocycles. The molecule has 0 spiro atoms. The topological polar surface area (TPSA) is 81.1 Å². The summed E-state index contributed by atoms with van der Waals surface area (Å²) in [5, 5.41) is 3.65. The quantitative estimate of drug-likeness (QED) is 0.899. The fraction of sp³-hybridized carbons (Fsp3) is 0.500. The molecule has 0 aliphatic rings. The van der Waals surface area contributed by atoms with Crippen LogP contribution in [0.25, 0.3) is 0 Å². The molecule has 102 valence electrons. The molecule has 0 unspecified atom stereocenters. The van der Waals surface area contributed by atoms with E-state index in [-0.39, 0.29) is 6.04 Å². The second-order valence-electron chi connectivity index (χ2n) is 3.66. The van der Waals surface area contributed by atoms with Gasteiger partial charge in [-0.05, 0) is 19.9 Å². The zero-order valence-electron chi connectivity index (χ0n) is 9.39. The Morgan fingerprint density at radius 3 is 2.39 bits per heavy atom. The van der Waals surface area contributed by atoms with Gasteiger partial charge in [0.1, 0.15) is 0 Å². The van der Waals surface area contributed by atoms with Crippen molar-refractivity contribution >= 4 is 15.9 Å². The molecule has 1 amide bonds. The molecule has 1 heterocycles. The molecule has 1 rings (SSSR count). The molecule has 0 atom stereocenters. The second-order valence-corrected chi connectivity index (χ2v) is 5.33. The predicted octanol–water partition coefficient (Wildman–Crippen LogP) is 1.04. The van der Waals surface area contributed by atoms with Crippen LogP contribution in [0.15, 0.2) is 12.3 Å². The highest BCUT2D eigenvalue weighted by atomic mass is 32.2. The zero-order chi connectivity index (χ0) is 14.1. The number of hydrogen-bond donors (Lipinski definition) is 1. The molecule has 1 aromatic rings. The van der Waals surface area contributed by atoms with Gasteiger partial charge in [0.2, 0.25) is 0 Å². The van der Waals surface area contributed by atoms with Crippen molar-refractivity contribution in [2.24, 2.45) is 0 Å². The molecule has 18 heavy (non-hydrogen) atoms.